The summed E-state index contributed by atoms with van der Waals surface area (Å²) in [7, 11) is 3.33. The third kappa shape index (κ3) is 4.84. The molecule has 6 nitrogen and oxygen atoms in total. The van der Waals surface area contributed by atoms with Crippen molar-refractivity contribution in [1.29, 1.82) is 0 Å². The van der Waals surface area contributed by atoms with Crippen LogP contribution in [0.5, 0.6) is 11.5 Å². The minimum atomic E-state index is -0.000668. The van der Waals surface area contributed by atoms with Gasteiger partial charge >= 0.3 is 6.03 Å². The van der Waals surface area contributed by atoms with Crippen LogP contribution in [0.25, 0.3) is 0 Å². The molecule has 0 saturated carbocycles. The van der Waals surface area contributed by atoms with Gasteiger partial charge in [0.2, 0.25) is 0 Å². The molecular weight excluding hydrogens is 342 g/mol. The van der Waals surface area contributed by atoms with Crippen LogP contribution in [0.3, 0.4) is 0 Å². The van der Waals surface area contributed by atoms with Crippen LogP contribution in [0.15, 0.2) is 48.5 Å². The predicted octanol–water partition coefficient (Wildman–Crippen LogP) is 2.78. The zero-order valence-corrected chi connectivity index (χ0v) is 16.0. The van der Waals surface area contributed by atoms with E-state index in [1.54, 1.807) is 14.2 Å². The Balaban J connectivity index is 1.44. The van der Waals surface area contributed by atoms with Crippen LogP contribution in [-0.4, -0.2) is 57.9 Å². The molecule has 3 rings (SSSR count). The number of urea groups is 1. The number of carbonyl (C=O) groups is 1. The van der Waals surface area contributed by atoms with Crippen molar-refractivity contribution in [3.63, 3.8) is 0 Å². The molecule has 2 aromatic rings. The van der Waals surface area contributed by atoms with Gasteiger partial charge in [0.15, 0.2) is 0 Å². The third-order valence-corrected chi connectivity index (χ3v) is 4.87. The maximum atomic E-state index is 12.4. The number of methoxy groups -OCH3 is 2. The van der Waals surface area contributed by atoms with Crippen molar-refractivity contribution in [2.75, 3.05) is 51.8 Å². The number of nitrogens with zero attached hydrogens (tertiary/aromatic N) is 2. The topological polar surface area (TPSA) is 54.0 Å². The molecule has 27 heavy (non-hydrogen) atoms. The van der Waals surface area contributed by atoms with Gasteiger partial charge in [0.1, 0.15) is 11.5 Å². The molecule has 0 spiro atoms. The van der Waals surface area contributed by atoms with E-state index < -0.39 is 0 Å². The van der Waals surface area contributed by atoms with E-state index in [-0.39, 0.29) is 6.03 Å². The summed E-state index contributed by atoms with van der Waals surface area (Å²) in [6, 6.07) is 15.9. The van der Waals surface area contributed by atoms with Gasteiger partial charge in [-0.05, 0) is 42.3 Å². The van der Waals surface area contributed by atoms with E-state index in [9.17, 15) is 4.79 Å². The lowest BCUT2D eigenvalue weighted by Gasteiger charge is -2.36. The van der Waals surface area contributed by atoms with Crippen LogP contribution in [0, 0.1) is 0 Å². The summed E-state index contributed by atoms with van der Waals surface area (Å²) in [5.41, 5.74) is 2.26. The number of piperazine rings is 1. The Hall–Kier alpha value is -2.89. The van der Waals surface area contributed by atoms with Gasteiger partial charge in [0.05, 0.1) is 14.2 Å². The number of para-hydroxylation sites is 1. The summed E-state index contributed by atoms with van der Waals surface area (Å²) in [5, 5.41) is 3.02. The smallest absolute Gasteiger partial charge is 0.317 e. The Morgan fingerprint density at radius 2 is 1.67 bits per heavy atom. The molecule has 0 radical (unpaired) electrons. The van der Waals surface area contributed by atoms with E-state index in [0.717, 1.165) is 42.3 Å². The Morgan fingerprint density at radius 1 is 0.963 bits per heavy atom. The average Bonchev–Trinajstić information content (AvgIpc) is 2.74. The molecule has 1 fully saturated rings. The number of nitrogens with one attached hydrogen (secondary N) is 1. The fourth-order valence-corrected chi connectivity index (χ4v) is 3.29. The maximum Gasteiger partial charge on any atom is 0.317 e. The quantitative estimate of drug-likeness (QED) is 0.851. The number of amides is 2. The lowest BCUT2D eigenvalue weighted by Crippen LogP contribution is -2.52. The summed E-state index contributed by atoms with van der Waals surface area (Å²) in [4.78, 5) is 16.6. The molecule has 0 bridgehead atoms. The number of rotatable bonds is 6. The molecule has 6 heteroatoms. The first-order valence-corrected chi connectivity index (χ1v) is 9.25. The summed E-state index contributed by atoms with van der Waals surface area (Å²) < 4.78 is 10.6. The first-order chi connectivity index (χ1) is 13.2. The van der Waals surface area contributed by atoms with E-state index in [2.05, 4.69) is 22.3 Å². The van der Waals surface area contributed by atoms with Crippen LogP contribution in [0.4, 0.5) is 10.5 Å². The zero-order chi connectivity index (χ0) is 19.1. The van der Waals surface area contributed by atoms with E-state index >= 15 is 0 Å². The number of hydrogen-bond acceptors (Lipinski definition) is 4. The van der Waals surface area contributed by atoms with Crippen molar-refractivity contribution < 1.29 is 14.3 Å². The van der Waals surface area contributed by atoms with Crippen LogP contribution in [0.1, 0.15) is 5.56 Å². The molecule has 144 valence electrons. The molecule has 1 aliphatic heterocycles. The van der Waals surface area contributed by atoms with Crippen molar-refractivity contribution in [3.8, 4) is 11.5 Å². The Kier molecular flexibility index (Phi) is 6.41. The van der Waals surface area contributed by atoms with Crippen LogP contribution >= 0.6 is 0 Å². The first-order valence-electron chi connectivity index (χ1n) is 9.25. The normalized spacial score (nSPS) is 14.0. The second-order valence-electron chi connectivity index (χ2n) is 6.47. The van der Waals surface area contributed by atoms with Gasteiger partial charge in [-0.1, -0.05) is 18.2 Å². The molecule has 1 aliphatic rings. The van der Waals surface area contributed by atoms with Crippen LogP contribution in [-0.2, 0) is 6.42 Å². The number of ether oxygens (including phenoxy) is 2. The largest absolute Gasteiger partial charge is 0.497 e. The van der Waals surface area contributed by atoms with Crippen molar-refractivity contribution in [3.05, 3.63) is 54.1 Å². The Labute approximate surface area is 160 Å². The predicted molar refractivity (Wildman–Crippen MR) is 107 cm³/mol. The number of benzene rings is 2. The van der Waals surface area contributed by atoms with Gasteiger partial charge < -0.3 is 24.6 Å². The molecule has 0 aromatic heterocycles. The van der Waals surface area contributed by atoms with Gasteiger partial charge in [-0.25, -0.2) is 4.79 Å². The summed E-state index contributed by atoms with van der Waals surface area (Å²) >= 11 is 0. The van der Waals surface area contributed by atoms with Crippen molar-refractivity contribution in [2.24, 2.45) is 0 Å². The fraction of sp³-hybridized carbons (Fsp3) is 0.381. The van der Waals surface area contributed by atoms with E-state index in [1.165, 1.54) is 0 Å². The lowest BCUT2D eigenvalue weighted by atomic mass is 10.1. The molecule has 2 amide bonds. The third-order valence-electron chi connectivity index (χ3n) is 4.87. The second kappa shape index (κ2) is 9.16. The molecule has 0 unspecified atom stereocenters. The Morgan fingerprint density at radius 3 is 2.33 bits per heavy atom. The van der Waals surface area contributed by atoms with Crippen LogP contribution < -0.4 is 19.7 Å². The van der Waals surface area contributed by atoms with Crippen molar-refractivity contribution in [1.82, 2.24) is 10.2 Å². The van der Waals surface area contributed by atoms with E-state index in [1.807, 2.05) is 41.3 Å². The highest BCUT2D eigenvalue weighted by molar-refractivity contribution is 5.74. The second-order valence-corrected chi connectivity index (χ2v) is 6.47. The standard InChI is InChI=1S/C21H27N3O3/c1-26-19-9-7-18(8-10-19)23-13-15-24(16-14-23)21(25)22-12-11-17-5-3-4-6-20(17)27-2/h3-10H,11-16H2,1-2H3,(H,22,25). The maximum absolute atomic E-state index is 12.4. The summed E-state index contributed by atoms with van der Waals surface area (Å²) in [5.74, 6) is 1.71. The van der Waals surface area contributed by atoms with Gasteiger partial charge in [0, 0.05) is 38.4 Å². The molecular formula is C21H27N3O3. The van der Waals surface area contributed by atoms with E-state index in [0.29, 0.717) is 19.6 Å². The zero-order valence-electron chi connectivity index (χ0n) is 16.0. The molecule has 0 aliphatic carbocycles. The number of hydrogen-bond donors (Lipinski definition) is 1. The number of carbonyl (C=O) groups excluding carboxylic acids is 1. The highest BCUT2D eigenvalue weighted by Crippen LogP contribution is 2.20. The van der Waals surface area contributed by atoms with Crippen molar-refractivity contribution >= 4 is 11.7 Å². The Bertz CT molecular complexity index is 741. The van der Waals surface area contributed by atoms with Gasteiger partial charge in [-0.2, -0.15) is 0 Å². The molecule has 1 saturated heterocycles. The highest BCUT2D eigenvalue weighted by Gasteiger charge is 2.21. The molecule has 1 N–H and O–H groups in total. The number of anilines is 1. The summed E-state index contributed by atoms with van der Waals surface area (Å²) in [6.45, 7) is 3.68. The SMILES string of the molecule is COc1ccc(N2CCN(C(=O)NCCc3ccccc3OC)CC2)cc1. The minimum absolute atomic E-state index is 0.000668. The highest BCUT2D eigenvalue weighted by atomic mass is 16.5. The summed E-state index contributed by atoms with van der Waals surface area (Å²) in [6.07, 6.45) is 0.752. The van der Waals surface area contributed by atoms with Crippen molar-refractivity contribution in [2.45, 2.75) is 6.42 Å². The van der Waals surface area contributed by atoms with Gasteiger partial charge in [-0.3, -0.25) is 0 Å². The van der Waals surface area contributed by atoms with Gasteiger partial charge in [0.25, 0.3) is 0 Å². The van der Waals surface area contributed by atoms with Crippen LogP contribution in [0.2, 0.25) is 0 Å². The molecule has 1 heterocycles. The lowest BCUT2D eigenvalue weighted by molar-refractivity contribution is 0.194. The first kappa shape index (κ1) is 18.9. The van der Waals surface area contributed by atoms with E-state index in [4.69, 9.17) is 9.47 Å². The van der Waals surface area contributed by atoms with Gasteiger partial charge in [-0.15, -0.1) is 0 Å². The minimum Gasteiger partial charge on any atom is -0.497 e. The monoisotopic (exact) mass is 369 g/mol. The molecule has 0 atom stereocenters. The molecule has 2 aromatic carbocycles. The average molecular weight is 369 g/mol. The fourth-order valence-electron chi connectivity index (χ4n) is 3.29.